The van der Waals surface area contributed by atoms with E-state index in [1.807, 2.05) is 13.8 Å². The molecule has 2 nitrogen and oxygen atoms in total. The van der Waals surface area contributed by atoms with Crippen molar-refractivity contribution < 1.29 is 18.0 Å². The number of halogens is 3. The first kappa shape index (κ1) is 15.3. The highest BCUT2D eigenvalue weighted by atomic mass is 19.4. The molecule has 0 atom stereocenters. The monoisotopic (exact) mass is 271 g/mol. The van der Waals surface area contributed by atoms with Crippen LogP contribution in [-0.4, -0.2) is 18.9 Å². The van der Waals surface area contributed by atoms with Crippen molar-refractivity contribution in [3.63, 3.8) is 0 Å². The third-order valence-corrected chi connectivity index (χ3v) is 2.75. The fourth-order valence-electron chi connectivity index (χ4n) is 1.82. The summed E-state index contributed by atoms with van der Waals surface area (Å²) in [5.41, 5.74) is -0.832. The summed E-state index contributed by atoms with van der Waals surface area (Å²) in [4.78, 5) is 12.5. The molecule has 0 aliphatic heterocycles. The highest BCUT2D eigenvalue weighted by molar-refractivity contribution is 5.79. The third-order valence-electron chi connectivity index (χ3n) is 2.75. The normalized spacial score (nSPS) is 11.5. The maximum absolute atomic E-state index is 12.9. The molecule has 19 heavy (non-hydrogen) atoms. The van der Waals surface area contributed by atoms with Gasteiger partial charge in [-0.1, -0.05) is 6.08 Å². The van der Waals surface area contributed by atoms with Crippen LogP contribution in [0.1, 0.15) is 29.8 Å². The van der Waals surface area contributed by atoms with Crippen LogP contribution in [0.5, 0.6) is 0 Å². The first-order valence-electron chi connectivity index (χ1n) is 5.85. The number of hydrogen-bond acceptors (Lipinski definition) is 2. The van der Waals surface area contributed by atoms with Gasteiger partial charge < -0.3 is 4.90 Å². The number of alkyl halides is 3. The van der Waals surface area contributed by atoms with Crippen LogP contribution in [0.4, 0.5) is 18.9 Å². The molecule has 0 N–H and O–H groups in total. The van der Waals surface area contributed by atoms with Gasteiger partial charge in [0.2, 0.25) is 0 Å². The van der Waals surface area contributed by atoms with Crippen LogP contribution in [0.2, 0.25) is 0 Å². The van der Waals surface area contributed by atoms with E-state index in [0.29, 0.717) is 12.2 Å². The Morgan fingerprint density at radius 1 is 1.37 bits per heavy atom. The quantitative estimate of drug-likeness (QED) is 0.597. The molecule has 0 radical (unpaired) electrons. The SMILES string of the molecule is C=CCN(c1ccc(C=O)c(C(F)(F)F)c1)C(C)C. The lowest BCUT2D eigenvalue weighted by atomic mass is 10.1. The standard InChI is InChI=1S/C14H16F3NO/c1-4-7-18(10(2)3)12-6-5-11(9-19)13(8-12)14(15,16)17/h4-6,8-10H,1,7H2,2-3H3. The van der Waals surface area contributed by atoms with Crippen LogP contribution in [0.25, 0.3) is 0 Å². The maximum Gasteiger partial charge on any atom is 0.417 e. The zero-order valence-corrected chi connectivity index (χ0v) is 10.9. The van der Waals surface area contributed by atoms with Crippen molar-refractivity contribution in [1.29, 1.82) is 0 Å². The van der Waals surface area contributed by atoms with Crippen molar-refractivity contribution in [2.24, 2.45) is 0 Å². The maximum atomic E-state index is 12.9. The zero-order valence-electron chi connectivity index (χ0n) is 10.9. The Morgan fingerprint density at radius 3 is 2.42 bits per heavy atom. The molecule has 0 fully saturated rings. The highest BCUT2D eigenvalue weighted by Gasteiger charge is 2.34. The Labute approximate surface area is 110 Å². The van der Waals surface area contributed by atoms with E-state index in [0.717, 1.165) is 6.07 Å². The Morgan fingerprint density at radius 2 is 2.00 bits per heavy atom. The van der Waals surface area contributed by atoms with E-state index in [2.05, 4.69) is 6.58 Å². The van der Waals surface area contributed by atoms with E-state index in [-0.39, 0.29) is 17.9 Å². The first-order valence-corrected chi connectivity index (χ1v) is 5.85. The molecule has 0 bridgehead atoms. The summed E-state index contributed by atoms with van der Waals surface area (Å²) in [5.74, 6) is 0. The second kappa shape index (κ2) is 5.91. The van der Waals surface area contributed by atoms with Crippen molar-refractivity contribution in [3.8, 4) is 0 Å². The molecule has 0 aliphatic rings. The summed E-state index contributed by atoms with van der Waals surface area (Å²) in [6.07, 6.45) is -2.69. The van der Waals surface area contributed by atoms with Crippen LogP contribution in [-0.2, 0) is 6.18 Å². The van der Waals surface area contributed by atoms with Crippen molar-refractivity contribution in [2.45, 2.75) is 26.1 Å². The van der Waals surface area contributed by atoms with Crippen LogP contribution in [0.15, 0.2) is 30.9 Å². The minimum atomic E-state index is -4.54. The predicted molar refractivity (Wildman–Crippen MR) is 69.5 cm³/mol. The van der Waals surface area contributed by atoms with E-state index in [1.165, 1.54) is 12.1 Å². The summed E-state index contributed by atoms with van der Waals surface area (Å²) in [7, 11) is 0. The summed E-state index contributed by atoms with van der Waals surface area (Å²) in [6.45, 7) is 7.79. The fraction of sp³-hybridized carbons (Fsp3) is 0.357. The number of anilines is 1. The lowest BCUT2D eigenvalue weighted by Crippen LogP contribution is -2.31. The number of carbonyl (C=O) groups excluding carboxylic acids is 1. The molecule has 0 heterocycles. The van der Waals surface area contributed by atoms with Crippen molar-refractivity contribution in [3.05, 3.63) is 42.0 Å². The van der Waals surface area contributed by atoms with Gasteiger partial charge in [-0.05, 0) is 32.0 Å². The van der Waals surface area contributed by atoms with Gasteiger partial charge in [-0.25, -0.2) is 0 Å². The smallest absolute Gasteiger partial charge is 0.365 e. The minimum Gasteiger partial charge on any atom is -0.365 e. The van der Waals surface area contributed by atoms with Crippen LogP contribution in [0.3, 0.4) is 0 Å². The van der Waals surface area contributed by atoms with Gasteiger partial charge in [-0.15, -0.1) is 6.58 Å². The zero-order chi connectivity index (χ0) is 14.6. The molecule has 1 aromatic rings. The van der Waals surface area contributed by atoms with Gasteiger partial charge in [0.05, 0.1) is 5.56 Å². The van der Waals surface area contributed by atoms with Crippen molar-refractivity contribution >= 4 is 12.0 Å². The Bertz CT molecular complexity index is 466. The highest BCUT2D eigenvalue weighted by Crippen LogP contribution is 2.34. The molecule has 0 unspecified atom stereocenters. The van der Waals surface area contributed by atoms with Gasteiger partial charge in [0, 0.05) is 23.8 Å². The number of benzene rings is 1. The lowest BCUT2D eigenvalue weighted by Gasteiger charge is -2.28. The van der Waals surface area contributed by atoms with Gasteiger partial charge in [0.15, 0.2) is 6.29 Å². The number of aldehydes is 1. The van der Waals surface area contributed by atoms with Gasteiger partial charge >= 0.3 is 6.18 Å². The molecule has 1 rings (SSSR count). The molecule has 1 aromatic carbocycles. The number of hydrogen-bond donors (Lipinski definition) is 0. The molecular formula is C14H16F3NO. The Hall–Kier alpha value is -1.78. The van der Waals surface area contributed by atoms with Crippen LogP contribution >= 0.6 is 0 Å². The largest absolute Gasteiger partial charge is 0.417 e. The average Bonchev–Trinajstić information content (AvgIpc) is 2.33. The van der Waals surface area contributed by atoms with Gasteiger partial charge in [0.25, 0.3) is 0 Å². The number of rotatable bonds is 5. The number of nitrogens with zero attached hydrogens (tertiary/aromatic N) is 1. The van der Waals surface area contributed by atoms with Crippen molar-refractivity contribution in [1.82, 2.24) is 0 Å². The second-order valence-corrected chi connectivity index (χ2v) is 4.42. The summed E-state index contributed by atoms with van der Waals surface area (Å²) < 4.78 is 38.6. The molecule has 0 amide bonds. The Balaban J connectivity index is 3.31. The van der Waals surface area contributed by atoms with E-state index < -0.39 is 11.7 Å². The van der Waals surface area contributed by atoms with E-state index >= 15 is 0 Å². The predicted octanol–water partition coefficient (Wildman–Crippen LogP) is 3.92. The van der Waals surface area contributed by atoms with E-state index in [9.17, 15) is 18.0 Å². The van der Waals surface area contributed by atoms with E-state index in [1.54, 1.807) is 11.0 Å². The molecule has 0 aliphatic carbocycles. The van der Waals surface area contributed by atoms with Gasteiger partial charge in [-0.2, -0.15) is 13.2 Å². The van der Waals surface area contributed by atoms with Gasteiger partial charge in [-0.3, -0.25) is 4.79 Å². The summed E-state index contributed by atoms with van der Waals surface area (Å²) in [6, 6.07) is 3.75. The summed E-state index contributed by atoms with van der Waals surface area (Å²) >= 11 is 0. The van der Waals surface area contributed by atoms with Crippen molar-refractivity contribution in [2.75, 3.05) is 11.4 Å². The molecule has 0 aromatic heterocycles. The Kier molecular flexibility index (Phi) is 4.75. The third kappa shape index (κ3) is 3.59. The van der Waals surface area contributed by atoms with Gasteiger partial charge in [0.1, 0.15) is 0 Å². The number of carbonyl (C=O) groups is 1. The average molecular weight is 271 g/mol. The fourth-order valence-corrected chi connectivity index (χ4v) is 1.82. The molecule has 5 heteroatoms. The lowest BCUT2D eigenvalue weighted by molar-refractivity contribution is -0.137. The van der Waals surface area contributed by atoms with Crippen LogP contribution < -0.4 is 4.90 Å². The van der Waals surface area contributed by atoms with E-state index in [4.69, 9.17) is 0 Å². The molecule has 0 saturated heterocycles. The molecule has 104 valence electrons. The first-order chi connectivity index (χ1) is 8.81. The summed E-state index contributed by atoms with van der Waals surface area (Å²) in [5, 5.41) is 0. The topological polar surface area (TPSA) is 20.3 Å². The molecule has 0 spiro atoms. The molecule has 0 saturated carbocycles. The minimum absolute atomic E-state index is 0.0289. The van der Waals surface area contributed by atoms with Crippen LogP contribution in [0, 0.1) is 0 Å². The second-order valence-electron chi connectivity index (χ2n) is 4.42. The molecular weight excluding hydrogens is 255 g/mol.